The van der Waals surface area contributed by atoms with E-state index in [0.29, 0.717) is 17.5 Å². The summed E-state index contributed by atoms with van der Waals surface area (Å²) in [5.41, 5.74) is 0.948. The Hall–Kier alpha value is -0.960. The van der Waals surface area contributed by atoms with Gasteiger partial charge in [0.05, 0.1) is 0 Å². The van der Waals surface area contributed by atoms with E-state index in [9.17, 15) is 8.78 Å². The zero-order chi connectivity index (χ0) is 8.97. The van der Waals surface area contributed by atoms with Gasteiger partial charge in [0.2, 0.25) is 0 Å². The number of alkyl halides is 1. The van der Waals surface area contributed by atoms with Crippen LogP contribution in [-0.2, 0) is 13.1 Å². The Kier molecular flexibility index (Phi) is 3.17. The second-order valence-corrected chi connectivity index (χ2v) is 2.57. The molecule has 3 heteroatoms. The minimum absolute atomic E-state index is 0.0464. The second-order valence-electron chi connectivity index (χ2n) is 2.57. The van der Waals surface area contributed by atoms with Crippen molar-refractivity contribution in [2.24, 2.45) is 0 Å². The maximum Gasteiger partial charge on any atom is 0.123 e. The monoisotopic (exact) mass is 172 g/mol. The maximum absolute atomic E-state index is 12.7. The Labute approximate surface area is 69.7 Å². The van der Waals surface area contributed by atoms with E-state index in [0.717, 1.165) is 6.07 Å². The standard InChI is InChI=1S/C9H10F2O/c10-6-8-3-7(1-2-12)4-9(11)5-8/h3-5,12H,1-2,6H2. The SMILES string of the molecule is OCCc1cc(F)cc(CF)c1. The van der Waals surface area contributed by atoms with Gasteiger partial charge in [-0.1, -0.05) is 6.07 Å². The highest BCUT2D eigenvalue weighted by molar-refractivity contribution is 5.24. The molecular formula is C9H10F2O. The van der Waals surface area contributed by atoms with E-state index in [1.807, 2.05) is 0 Å². The first kappa shape index (κ1) is 9.13. The van der Waals surface area contributed by atoms with Gasteiger partial charge >= 0.3 is 0 Å². The van der Waals surface area contributed by atoms with Crippen LogP contribution in [0.5, 0.6) is 0 Å². The largest absolute Gasteiger partial charge is 0.396 e. The van der Waals surface area contributed by atoms with E-state index < -0.39 is 12.5 Å². The van der Waals surface area contributed by atoms with Crippen LogP contribution >= 0.6 is 0 Å². The number of hydrogen-bond donors (Lipinski definition) is 1. The van der Waals surface area contributed by atoms with E-state index in [2.05, 4.69) is 0 Å². The summed E-state index contributed by atoms with van der Waals surface area (Å²) in [7, 11) is 0. The van der Waals surface area contributed by atoms with Crippen LogP contribution in [0, 0.1) is 5.82 Å². The molecule has 1 aromatic rings. The Morgan fingerprint density at radius 3 is 2.42 bits per heavy atom. The molecular weight excluding hydrogens is 162 g/mol. The van der Waals surface area contributed by atoms with E-state index in [1.54, 1.807) is 6.07 Å². The molecule has 0 amide bonds. The molecule has 0 spiro atoms. The summed E-state index contributed by atoms with van der Waals surface area (Å²) in [5, 5.41) is 8.56. The summed E-state index contributed by atoms with van der Waals surface area (Å²) in [6.07, 6.45) is 0.366. The molecule has 1 aromatic carbocycles. The maximum atomic E-state index is 12.7. The quantitative estimate of drug-likeness (QED) is 0.737. The van der Waals surface area contributed by atoms with Crippen LogP contribution < -0.4 is 0 Å². The third-order valence-corrected chi connectivity index (χ3v) is 1.57. The third-order valence-electron chi connectivity index (χ3n) is 1.57. The normalized spacial score (nSPS) is 10.2. The molecule has 0 bridgehead atoms. The molecule has 0 aliphatic carbocycles. The van der Waals surface area contributed by atoms with Crippen molar-refractivity contribution >= 4 is 0 Å². The van der Waals surface area contributed by atoms with Crippen molar-refractivity contribution < 1.29 is 13.9 Å². The predicted molar refractivity (Wildman–Crippen MR) is 42.0 cm³/mol. The highest BCUT2D eigenvalue weighted by Gasteiger charge is 1.99. The number of rotatable bonds is 3. The van der Waals surface area contributed by atoms with Crippen molar-refractivity contribution in [1.82, 2.24) is 0 Å². The van der Waals surface area contributed by atoms with Crippen molar-refractivity contribution in [3.05, 3.63) is 35.1 Å². The average Bonchev–Trinajstić information content (AvgIpc) is 2.04. The molecule has 0 saturated carbocycles. The number of hydrogen-bond acceptors (Lipinski definition) is 1. The lowest BCUT2D eigenvalue weighted by atomic mass is 10.1. The van der Waals surface area contributed by atoms with Crippen LogP contribution in [0.3, 0.4) is 0 Å². The van der Waals surface area contributed by atoms with E-state index in [4.69, 9.17) is 5.11 Å². The van der Waals surface area contributed by atoms with Crippen LogP contribution in [0.4, 0.5) is 8.78 Å². The Morgan fingerprint density at radius 1 is 1.17 bits per heavy atom. The average molecular weight is 172 g/mol. The summed E-state index contributed by atoms with van der Waals surface area (Å²) < 4.78 is 24.8. The number of aliphatic hydroxyl groups excluding tert-OH is 1. The second kappa shape index (κ2) is 4.16. The van der Waals surface area contributed by atoms with Gasteiger partial charge in [0.25, 0.3) is 0 Å². The lowest BCUT2D eigenvalue weighted by Crippen LogP contribution is -1.93. The van der Waals surface area contributed by atoms with E-state index in [1.165, 1.54) is 6.07 Å². The molecule has 1 rings (SSSR count). The van der Waals surface area contributed by atoms with Gasteiger partial charge in [0.15, 0.2) is 0 Å². The summed E-state index contributed by atoms with van der Waals surface area (Å²) in [4.78, 5) is 0. The van der Waals surface area contributed by atoms with Gasteiger partial charge in [-0.15, -0.1) is 0 Å². The first-order valence-electron chi connectivity index (χ1n) is 3.71. The molecule has 0 saturated heterocycles. The van der Waals surface area contributed by atoms with Gasteiger partial charge in [-0.05, 0) is 29.7 Å². The van der Waals surface area contributed by atoms with Gasteiger partial charge in [-0.2, -0.15) is 0 Å². The minimum Gasteiger partial charge on any atom is -0.396 e. The predicted octanol–water partition coefficient (Wildman–Crippen LogP) is 1.83. The van der Waals surface area contributed by atoms with Crippen LogP contribution in [0.2, 0.25) is 0 Å². The lowest BCUT2D eigenvalue weighted by Gasteiger charge is -2.01. The fourth-order valence-electron chi connectivity index (χ4n) is 1.07. The first-order chi connectivity index (χ1) is 5.76. The third kappa shape index (κ3) is 2.27. The highest BCUT2D eigenvalue weighted by Crippen LogP contribution is 2.10. The molecule has 0 heterocycles. The van der Waals surface area contributed by atoms with Gasteiger partial charge < -0.3 is 5.11 Å². The van der Waals surface area contributed by atoms with Crippen LogP contribution in [-0.4, -0.2) is 11.7 Å². The molecule has 1 N–H and O–H groups in total. The van der Waals surface area contributed by atoms with Gasteiger partial charge in [0, 0.05) is 6.61 Å². The van der Waals surface area contributed by atoms with Crippen molar-refractivity contribution in [1.29, 1.82) is 0 Å². The Bertz CT molecular complexity index is 261. The summed E-state index contributed by atoms with van der Waals surface area (Å²) in [6.45, 7) is -0.717. The van der Waals surface area contributed by atoms with Gasteiger partial charge in [-0.25, -0.2) is 8.78 Å². The Balaban J connectivity index is 2.90. The van der Waals surface area contributed by atoms with Crippen molar-refractivity contribution in [3.63, 3.8) is 0 Å². The first-order valence-corrected chi connectivity index (χ1v) is 3.71. The summed E-state index contributed by atoms with van der Waals surface area (Å²) >= 11 is 0. The molecule has 0 fully saturated rings. The molecule has 0 unspecified atom stereocenters. The minimum atomic E-state index is -0.670. The van der Waals surface area contributed by atoms with E-state index in [-0.39, 0.29) is 6.61 Å². The Morgan fingerprint density at radius 2 is 1.83 bits per heavy atom. The highest BCUT2D eigenvalue weighted by atomic mass is 19.1. The summed E-state index contributed by atoms with van der Waals surface area (Å²) in [5.74, 6) is -0.450. The van der Waals surface area contributed by atoms with Gasteiger partial charge in [0.1, 0.15) is 12.5 Å². The molecule has 0 radical (unpaired) electrons. The molecule has 0 atom stereocenters. The van der Waals surface area contributed by atoms with E-state index >= 15 is 0 Å². The number of benzene rings is 1. The molecule has 12 heavy (non-hydrogen) atoms. The van der Waals surface area contributed by atoms with Crippen LogP contribution in [0.25, 0.3) is 0 Å². The van der Waals surface area contributed by atoms with Crippen LogP contribution in [0.15, 0.2) is 18.2 Å². The number of halogens is 2. The molecule has 66 valence electrons. The molecule has 0 aliphatic rings. The van der Waals surface area contributed by atoms with Gasteiger partial charge in [-0.3, -0.25) is 0 Å². The number of aliphatic hydroxyl groups is 1. The van der Waals surface area contributed by atoms with Crippen molar-refractivity contribution in [2.75, 3.05) is 6.61 Å². The molecule has 0 aliphatic heterocycles. The molecule has 1 nitrogen and oxygen atoms in total. The fourth-order valence-corrected chi connectivity index (χ4v) is 1.07. The van der Waals surface area contributed by atoms with Crippen molar-refractivity contribution in [2.45, 2.75) is 13.1 Å². The topological polar surface area (TPSA) is 20.2 Å². The lowest BCUT2D eigenvalue weighted by molar-refractivity contribution is 0.299. The smallest absolute Gasteiger partial charge is 0.123 e. The zero-order valence-electron chi connectivity index (χ0n) is 6.56. The van der Waals surface area contributed by atoms with Crippen molar-refractivity contribution in [3.8, 4) is 0 Å². The summed E-state index contributed by atoms with van der Waals surface area (Å²) in [6, 6.07) is 4.01. The zero-order valence-corrected chi connectivity index (χ0v) is 6.56. The fraction of sp³-hybridized carbons (Fsp3) is 0.333. The van der Waals surface area contributed by atoms with Crippen LogP contribution in [0.1, 0.15) is 11.1 Å². The molecule has 0 aromatic heterocycles.